The van der Waals surface area contributed by atoms with Crippen molar-refractivity contribution >= 4 is 23.9 Å². The lowest BCUT2D eigenvalue weighted by Crippen LogP contribution is -2.36. The van der Waals surface area contributed by atoms with E-state index in [9.17, 15) is 19.2 Å². The highest BCUT2D eigenvalue weighted by atomic mass is 16.7. The molecule has 3 aromatic carbocycles. The van der Waals surface area contributed by atoms with Gasteiger partial charge in [0.05, 0.1) is 50.2 Å². The van der Waals surface area contributed by atoms with Crippen molar-refractivity contribution in [3.63, 3.8) is 0 Å². The normalized spacial score (nSPS) is 19.3. The van der Waals surface area contributed by atoms with E-state index in [-0.39, 0.29) is 24.5 Å². The van der Waals surface area contributed by atoms with E-state index in [4.69, 9.17) is 37.9 Å². The van der Waals surface area contributed by atoms with E-state index in [1.165, 1.54) is 24.3 Å². The predicted molar refractivity (Wildman–Crippen MR) is 174 cm³/mol. The minimum absolute atomic E-state index is 0.0911. The number of hydrogen-bond acceptors (Lipinski definition) is 12. The van der Waals surface area contributed by atoms with Crippen LogP contribution >= 0.6 is 0 Å². The van der Waals surface area contributed by atoms with Gasteiger partial charge in [-0.25, -0.2) is 19.2 Å². The first-order valence-corrected chi connectivity index (χ1v) is 16.0. The molecular weight excluding hydrogens is 636 g/mol. The lowest BCUT2D eigenvalue weighted by Gasteiger charge is -2.17. The molecule has 2 fully saturated rings. The van der Waals surface area contributed by atoms with Crippen molar-refractivity contribution < 1.29 is 57.1 Å². The zero-order chi connectivity index (χ0) is 34.6. The number of methoxy groups -OCH3 is 1. The second-order valence-corrected chi connectivity index (χ2v) is 11.3. The fourth-order valence-electron chi connectivity index (χ4n) is 5.26. The van der Waals surface area contributed by atoms with Gasteiger partial charge in [-0.3, -0.25) is 0 Å². The summed E-state index contributed by atoms with van der Waals surface area (Å²) in [6, 6.07) is 19.2. The quantitative estimate of drug-likeness (QED) is 0.0654. The van der Waals surface area contributed by atoms with E-state index < -0.39 is 48.3 Å². The fourth-order valence-corrected chi connectivity index (χ4v) is 5.26. The Hall–Kier alpha value is -5.20. The maximum Gasteiger partial charge on any atom is 0.343 e. The summed E-state index contributed by atoms with van der Waals surface area (Å²) < 4.78 is 44.1. The Labute approximate surface area is 283 Å². The highest BCUT2D eigenvalue weighted by Gasteiger charge is 2.51. The summed E-state index contributed by atoms with van der Waals surface area (Å²) >= 11 is 0. The summed E-state index contributed by atoms with van der Waals surface area (Å²) in [5, 5.41) is 0. The maximum atomic E-state index is 12.9. The molecule has 4 atom stereocenters. The van der Waals surface area contributed by atoms with Gasteiger partial charge >= 0.3 is 23.9 Å². The van der Waals surface area contributed by atoms with Gasteiger partial charge in [0.15, 0.2) is 12.2 Å². The van der Waals surface area contributed by atoms with Gasteiger partial charge in [-0.15, -0.1) is 0 Å². The van der Waals surface area contributed by atoms with Crippen LogP contribution in [0.2, 0.25) is 0 Å². The van der Waals surface area contributed by atoms with Crippen molar-refractivity contribution in [3.05, 3.63) is 102 Å². The molecule has 2 saturated heterocycles. The van der Waals surface area contributed by atoms with Crippen LogP contribution in [0, 0.1) is 0 Å². The molecule has 258 valence electrons. The third-order valence-electron chi connectivity index (χ3n) is 7.91. The van der Waals surface area contributed by atoms with Crippen LogP contribution in [-0.2, 0) is 28.5 Å². The first-order chi connectivity index (χ1) is 23.8. The Morgan fingerprint density at radius 1 is 0.653 bits per heavy atom. The summed E-state index contributed by atoms with van der Waals surface area (Å²) in [4.78, 5) is 49.2. The molecule has 0 spiro atoms. The second kappa shape index (κ2) is 17.3. The summed E-state index contributed by atoms with van der Waals surface area (Å²) in [5.74, 6) is -0.582. The van der Waals surface area contributed by atoms with Crippen LogP contribution in [0.3, 0.4) is 0 Å². The Balaban J connectivity index is 1.02. The van der Waals surface area contributed by atoms with Crippen LogP contribution in [-0.4, -0.2) is 81.8 Å². The van der Waals surface area contributed by atoms with Gasteiger partial charge in [0.1, 0.15) is 29.5 Å². The molecule has 12 nitrogen and oxygen atoms in total. The molecule has 0 bridgehead atoms. The second-order valence-electron chi connectivity index (χ2n) is 11.3. The Morgan fingerprint density at radius 2 is 1.12 bits per heavy atom. The Bertz CT molecular complexity index is 1580. The minimum atomic E-state index is -0.688. The number of esters is 4. The fraction of sp³-hybridized carbons (Fsp3) is 0.351. The van der Waals surface area contributed by atoms with Crippen molar-refractivity contribution in [2.75, 3.05) is 33.5 Å². The van der Waals surface area contributed by atoms with E-state index in [1.807, 2.05) is 0 Å². The molecule has 2 heterocycles. The Morgan fingerprint density at radius 3 is 1.63 bits per heavy atom. The zero-order valence-corrected chi connectivity index (χ0v) is 27.1. The number of fused-ring (bicyclic) bond motifs is 1. The highest BCUT2D eigenvalue weighted by molar-refractivity contribution is 5.92. The summed E-state index contributed by atoms with van der Waals surface area (Å²) in [7, 11) is 1.54. The lowest BCUT2D eigenvalue weighted by atomic mass is 10.1. The molecule has 0 radical (unpaired) electrons. The Kier molecular flexibility index (Phi) is 12.4. The van der Waals surface area contributed by atoms with Crippen molar-refractivity contribution in [1.82, 2.24) is 0 Å². The molecule has 2 aliphatic heterocycles. The predicted octanol–water partition coefficient (Wildman–Crippen LogP) is 5.13. The first-order valence-electron chi connectivity index (χ1n) is 16.0. The highest BCUT2D eigenvalue weighted by Crippen LogP contribution is 2.32. The molecule has 3 aromatic rings. The van der Waals surface area contributed by atoms with Crippen molar-refractivity contribution in [1.29, 1.82) is 0 Å². The third kappa shape index (κ3) is 9.68. The van der Waals surface area contributed by atoms with Crippen molar-refractivity contribution in [2.45, 2.75) is 50.1 Å². The van der Waals surface area contributed by atoms with Gasteiger partial charge in [-0.2, -0.15) is 0 Å². The third-order valence-corrected chi connectivity index (χ3v) is 7.91. The number of unbranched alkanes of at least 4 members (excludes halogenated alkanes) is 3. The number of carbonyl (C=O) groups excluding carboxylic acids is 4. The molecule has 2 unspecified atom stereocenters. The SMILES string of the molecule is C=CC(=O)OCCCCCCOc1ccc(C(=O)Oc2ccc(C(=O)O[C@H]3COC4C3OC[C@@H]4OC(=O)c3ccc(OC)cc3)cc2)cc1. The standard InChI is InChI=1S/C37H38O12/c1-3-32(38)44-21-7-5-4-6-20-43-28-16-10-24(11-17-28)35(39)47-29-18-12-26(13-19-29)37(41)49-31-23-46-33-30(22-45-34(31)33)48-36(40)25-8-14-27(42-2)15-9-25/h3,8-19,30-31,33-34H,1,4-7,20-23H2,2H3/t30-,31-,33?,34?/m0/s1. The number of ether oxygens (including phenoxy) is 8. The van der Waals surface area contributed by atoms with E-state index in [1.54, 1.807) is 55.6 Å². The zero-order valence-electron chi connectivity index (χ0n) is 27.1. The molecule has 0 aromatic heterocycles. The topological polar surface area (TPSA) is 142 Å². The van der Waals surface area contributed by atoms with Gasteiger partial charge in [0, 0.05) is 6.08 Å². The first kappa shape index (κ1) is 35.1. The van der Waals surface area contributed by atoms with E-state index in [0.717, 1.165) is 31.8 Å². The number of benzene rings is 3. The minimum Gasteiger partial charge on any atom is -0.497 e. The lowest BCUT2D eigenvalue weighted by molar-refractivity contribution is -0.137. The molecule has 0 aliphatic carbocycles. The number of carbonyl (C=O) groups is 4. The van der Waals surface area contributed by atoms with E-state index in [0.29, 0.717) is 35.8 Å². The monoisotopic (exact) mass is 674 g/mol. The van der Waals surface area contributed by atoms with Gasteiger partial charge in [-0.1, -0.05) is 6.58 Å². The molecule has 0 N–H and O–H groups in total. The summed E-state index contributed by atoms with van der Waals surface area (Å²) in [6.07, 6.45) is 2.14. The average Bonchev–Trinajstić information content (AvgIpc) is 3.72. The van der Waals surface area contributed by atoms with Crippen LogP contribution in [0.15, 0.2) is 85.5 Å². The largest absolute Gasteiger partial charge is 0.497 e. The molecule has 0 saturated carbocycles. The molecule has 12 heteroatoms. The number of rotatable bonds is 16. The molecule has 49 heavy (non-hydrogen) atoms. The van der Waals surface area contributed by atoms with Crippen LogP contribution in [0.4, 0.5) is 0 Å². The van der Waals surface area contributed by atoms with Gasteiger partial charge in [-0.05, 0) is 98.5 Å². The van der Waals surface area contributed by atoms with Gasteiger partial charge in [0.25, 0.3) is 0 Å². The van der Waals surface area contributed by atoms with Crippen molar-refractivity contribution in [3.8, 4) is 17.2 Å². The van der Waals surface area contributed by atoms with Crippen LogP contribution in [0.1, 0.15) is 56.8 Å². The van der Waals surface area contributed by atoms with Crippen molar-refractivity contribution in [2.24, 2.45) is 0 Å². The van der Waals surface area contributed by atoms with Gasteiger partial charge < -0.3 is 37.9 Å². The van der Waals surface area contributed by atoms with Gasteiger partial charge in [0.2, 0.25) is 0 Å². The smallest absolute Gasteiger partial charge is 0.343 e. The van der Waals surface area contributed by atoms with Crippen LogP contribution in [0.25, 0.3) is 0 Å². The maximum absolute atomic E-state index is 12.9. The molecular formula is C37H38O12. The summed E-state index contributed by atoms with van der Waals surface area (Å²) in [6.45, 7) is 4.46. The van der Waals surface area contributed by atoms with Crippen LogP contribution < -0.4 is 14.2 Å². The average molecular weight is 675 g/mol. The van der Waals surface area contributed by atoms with E-state index in [2.05, 4.69) is 6.58 Å². The van der Waals surface area contributed by atoms with Crippen LogP contribution in [0.5, 0.6) is 17.2 Å². The van der Waals surface area contributed by atoms with E-state index >= 15 is 0 Å². The molecule has 2 aliphatic rings. The summed E-state index contributed by atoms with van der Waals surface area (Å²) in [5.41, 5.74) is 0.955. The molecule has 5 rings (SSSR count). The number of hydrogen-bond donors (Lipinski definition) is 0. The molecule has 0 amide bonds.